The van der Waals surface area contributed by atoms with Gasteiger partial charge in [-0.05, 0) is 13.0 Å². The molecule has 0 saturated heterocycles. The van der Waals surface area contributed by atoms with Crippen LogP contribution in [0.15, 0.2) is 41.7 Å². The molecule has 7 heteroatoms. The number of carboxylic acids is 1. The summed E-state index contributed by atoms with van der Waals surface area (Å²) in [5.41, 5.74) is -0.294. The summed E-state index contributed by atoms with van der Waals surface area (Å²) in [6.45, 7) is 1.56. The van der Waals surface area contributed by atoms with E-state index in [1.807, 2.05) is 0 Å². The van der Waals surface area contributed by atoms with Crippen molar-refractivity contribution in [3.63, 3.8) is 0 Å². The summed E-state index contributed by atoms with van der Waals surface area (Å²) in [5, 5.41) is 9.44. The molecular weight excluding hydrogens is 289 g/mol. The lowest BCUT2D eigenvalue weighted by molar-refractivity contribution is 0.0696. The van der Waals surface area contributed by atoms with Gasteiger partial charge >= 0.3 is 5.97 Å². The van der Waals surface area contributed by atoms with Crippen LogP contribution in [0.4, 0.5) is 4.39 Å². The third kappa shape index (κ3) is 2.12. The molecule has 0 aromatic carbocycles. The lowest BCUT2D eigenvalue weighted by Crippen LogP contribution is -2.15. The molecule has 1 aliphatic heterocycles. The molecule has 0 fully saturated rings. The van der Waals surface area contributed by atoms with E-state index < -0.39 is 17.2 Å². The first-order valence-electron chi connectivity index (χ1n) is 6.34. The maximum absolute atomic E-state index is 14.1. The van der Waals surface area contributed by atoms with Gasteiger partial charge in [-0.15, -0.1) is 0 Å². The van der Waals surface area contributed by atoms with Gasteiger partial charge in [0.25, 0.3) is 0 Å². The van der Waals surface area contributed by atoms with Crippen molar-refractivity contribution in [3.05, 3.63) is 64.2 Å². The minimum atomic E-state index is -1.24. The Balaban J connectivity index is 2.46. The third-order valence-corrected chi connectivity index (χ3v) is 3.36. The molecule has 22 heavy (non-hydrogen) atoms. The standard InChI is InChI=1S/C15H10FN3O3/c1-8-14(15(21)22)10-4-9(20)5-12(16)11(10)7-19(8)13-6-17-2-3-18-13/h2-7H,1H3,(H,21,22). The Bertz CT molecular complexity index is 906. The van der Waals surface area contributed by atoms with Crippen molar-refractivity contribution < 1.29 is 14.3 Å². The molecule has 0 saturated carbocycles. The number of benzene rings is 1. The molecule has 110 valence electrons. The quantitative estimate of drug-likeness (QED) is 0.781. The van der Waals surface area contributed by atoms with Gasteiger partial charge in [0.2, 0.25) is 0 Å². The average Bonchev–Trinajstić information content (AvgIpc) is 2.47. The highest BCUT2D eigenvalue weighted by molar-refractivity contribution is 5.97. The number of fused-ring (bicyclic) bond motifs is 1. The highest BCUT2D eigenvalue weighted by Gasteiger charge is 2.23. The number of aromatic carboxylic acids is 1. The van der Waals surface area contributed by atoms with Gasteiger partial charge in [0.1, 0.15) is 5.82 Å². The van der Waals surface area contributed by atoms with Crippen LogP contribution in [-0.2, 0) is 0 Å². The molecule has 1 aromatic rings. The summed E-state index contributed by atoms with van der Waals surface area (Å²) in [4.78, 5) is 31.1. The zero-order valence-corrected chi connectivity index (χ0v) is 11.4. The minimum absolute atomic E-state index is 0.0354. The second kappa shape index (κ2) is 5.03. The maximum atomic E-state index is 14.1. The Labute approximate surface area is 123 Å². The number of nitrogens with zero attached hydrogens (tertiary/aromatic N) is 3. The van der Waals surface area contributed by atoms with Crippen molar-refractivity contribution in [1.82, 2.24) is 14.5 Å². The second-order valence-electron chi connectivity index (χ2n) is 4.69. The van der Waals surface area contributed by atoms with Crippen LogP contribution in [0.1, 0.15) is 16.1 Å². The zero-order valence-electron chi connectivity index (χ0n) is 11.4. The van der Waals surface area contributed by atoms with Gasteiger partial charge in [-0.2, -0.15) is 0 Å². The van der Waals surface area contributed by atoms with Gasteiger partial charge in [-0.25, -0.2) is 14.2 Å². The van der Waals surface area contributed by atoms with Crippen LogP contribution in [0.2, 0.25) is 0 Å². The summed E-state index contributed by atoms with van der Waals surface area (Å²) in [7, 11) is 0. The van der Waals surface area contributed by atoms with E-state index in [0.29, 0.717) is 11.5 Å². The molecule has 0 spiro atoms. The topological polar surface area (TPSA) is 85.1 Å². The van der Waals surface area contributed by atoms with Crippen molar-refractivity contribution >= 4 is 5.97 Å². The summed E-state index contributed by atoms with van der Waals surface area (Å²) < 4.78 is 15.5. The van der Waals surface area contributed by atoms with Crippen molar-refractivity contribution in [2.45, 2.75) is 6.92 Å². The van der Waals surface area contributed by atoms with Gasteiger partial charge in [-0.1, -0.05) is 0 Å². The van der Waals surface area contributed by atoms with Crippen LogP contribution in [0.5, 0.6) is 0 Å². The van der Waals surface area contributed by atoms with E-state index in [1.165, 1.54) is 29.4 Å². The number of carboxylic acid groups (broad SMARTS) is 1. The first-order chi connectivity index (χ1) is 10.5. The number of hydrogen-bond acceptors (Lipinski definition) is 4. The van der Waals surface area contributed by atoms with Crippen LogP contribution in [0, 0.1) is 12.7 Å². The summed E-state index contributed by atoms with van der Waals surface area (Å²) >= 11 is 0. The Morgan fingerprint density at radius 1 is 1.27 bits per heavy atom. The van der Waals surface area contributed by atoms with Crippen molar-refractivity contribution in [1.29, 1.82) is 0 Å². The van der Waals surface area contributed by atoms with E-state index in [2.05, 4.69) is 9.97 Å². The highest BCUT2D eigenvalue weighted by atomic mass is 19.1. The van der Waals surface area contributed by atoms with Crippen molar-refractivity contribution in [2.24, 2.45) is 0 Å². The van der Waals surface area contributed by atoms with Crippen molar-refractivity contribution in [3.8, 4) is 16.9 Å². The molecule has 6 nitrogen and oxygen atoms in total. The molecule has 0 radical (unpaired) electrons. The number of halogens is 1. The van der Waals surface area contributed by atoms with Gasteiger partial charge in [0.15, 0.2) is 11.2 Å². The molecule has 3 rings (SSSR count). The van der Waals surface area contributed by atoms with E-state index in [9.17, 15) is 19.1 Å². The van der Waals surface area contributed by atoms with Gasteiger partial charge < -0.3 is 9.67 Å². The average molecular weight is 299 g/mol. The number of rotatable bonds is 2. The van der Waals surface area contributed by atoms with Crippen LogP contribution in [0.25, 0.3) is 16.9 Å². The first-order valence-corrected chi connectivity index (χ1v) is 6.34. The summed E-state index contributed by atoms with van der Waals surface area (Å²) in [6, 6.07) is 1.94. The number of aromatic nitrogens is 3. The SMILES string of the molecule is Cc1c(C(=O)O)c2cc(=O)cc(F)c-2cn1-c1cnccn1. The summed E-state index contributed by atoms with van der Waals surface area (Å²) in [6.07, 6.45) is 5.77. The van der Waals surface area contributed by atoms with Crippen LogP contribution < -0.4 is 5.43 Å². The maximum Gasteiger partial charge on any atom is 0.338 e. The third-order valence-electron chi connectivity index (χ3n) is 3.36. The molecule has 0 atom stereocenters. The van der Waals surface area contributed by atoms with E-state index in [1.54, 1.807) is 6.92 Å². The number of pyridine rings is 1. The minimum Gasteiger partial charge on any atom is -0.478 e. The van der Waals surface area contributed by atoms with E-state index in [0.717, 1.165) is 12.1 Å². The smallest absolute Gasteiger partial charge is 0.338 e. The predicted octanol–water partition coefficient (Wildman–Crippen LogP) is 1.88. The fraction of sp³-hybridized carbons (Fsp3) is 0.0667. The van der Waals surface area contributed by atoms with E-state index >= 15 is 0 Å². The molecule has 0 unspecified atom stereocenters. The fourth-order valence-corrected chi connectivity index (χ4v) is 2.40. The largest absolute Gasteiger partial charge is 0.478 e. The normalized spacial score (nSPS) is 10.8. The molecule has 2 aliphatic rings. The molecule has 0 amide bonds. The highest BCUT2D eigenvalue weighted by Crippen LogP contribution is 2.30. The van der Waals surface area contributed by atoms with Gasteiger partial charge in [0, 0.05) is 41.5 Å². The summed E-state index contributed by atoms with van der Waals surface area (Å²) in [5.74, 6) is -1.66. The Morgan fingerprint density at radius 3 is 2.68 bits per heavy atom. The monoisotopic (exact) mass is 299 g/mol. The molecule has 0 bridgehead atoms. The predicted molar refractivity (Wildman–Crippen MR) is 75.9 cm³/mol. The van der Waals surface area contributed by atoms with Gasteiger partial charge in [-0.3, -0.25) is 9.78 Å². The van der Waals surface area contributed by atoms with Crippen LogP contribution in [-0.4, -0.2) is 25.6 Å². The Hall–Kier alpha value is -3.09. The van der Waals surface area contributed by atoms with E-state index in [-0.39, 0.29) is 16.7 Å². The zero-order chi connectivity index (χ0) is 15.9. The number of hydrogen-bond donors (Lipinski definition) is 1. The van der Waals surface area contributed by atoms with Gasteiger partial charge in [0.05, 0.1) is 11.8 Å². The Morgan fingerprint density at radius 2 is 2.05 bits per heavy atom. The molecular formula is C15H10FN3O3. The fourth-order valence-electron chi connectivity index (χ4n) is 2.40. The van der Waals surface area contributed by atoms with Crippen LogP contribution >= 0.6 is 0 Å². The van der Waals surface area contributed by atoms with E-state index in [4.69, 9.17) is 0 Å². The second-order valence-corrected chi connectivity index (χ2v) is 4.69. The first kappa shape index (κ1) is 13.9. The van der Waals surface area contributed by atoms with Crippen LogP contribution in [0.3, 0.4) is 0 Å². The molecule has 2 heterocycles. The molecule has 1 aliphatic carbocycles. The number of carbonyl (C=O) groups is 1. The Kier molecular flexibility index (Phi) is 3.17. The molecule has 1 N–H and O–H groups in total. The van der Waals surface area contributed by atoms with Crippen molar-refractivity contribution in [2.75, 3.05) is 0 Å². The molecule has 1 aromatic heterocycles. The lowest BCUT2D eigenvalue weighted by Gasteiger charge is -2.18. The lowest BCUT2D eigenvalue weighted by atomic mass is 9.97.